The van der Waals surface area contributed by atoms with Crippen LogP contribution in [-0.2, 0) is 0 Å². The number of anilines is 2. The van der Waals surface area contributed by atoms with Gasteiger partial charge >= 0.3 is 0 Å². The summed E-state index contributed by atoms with van der Waals surface area (Å²) in [5.74, 6) is 2.02. The summed E-state index contributed by atoms with van der Waals surface area (Å²) in [5.41, 5.74) is 3.83. The summed E-state index contributed by atoms with van der Waals surface area (Å²) in [6.07, 6.45) is 1.94. The summed E-state index contributed by atoms with van der Waals surface area (Å²) in [6, 6.07) is 20.2. The highest BCUT2D eigenvalue weighted by molar-refractivity contribution is 7.17. The molecule has 28 heavy (non-hydrogen) atoms. The predicted molar refractivity (Wildman–Crippen MR) is 114 cm³/mol. The number of nitrogens with one attached hydrogen (secondary N) is 2. The number of para-hydroxylation sites is 1. The highest BCUT2D eigenvalue weighted by atomic mass is 32.1. The van der Waals surface area contributed by atoms with Crippen LogP contribution in [0.4, 0.5) is 11.5 Å². The number of aromatic amines is 1. The van der Waals surface area contributed by atoms with E-state index in [9.17, 15) is 0 Å². The van der Waals surface area contributed by atoms with Gasteiger partial charge in [0.2, 0.25) is 0 Å². The maximum absolute atomic E-state index is 5.98. The van der Waals surface area contributed by atoms with Gasteiger partial charge in [-0.2, -0.15) is 0 Å². The molecular formula is C22H14N4OS. The maximum Gasteiger partial charge on any atom is 0.198 e. The van der Waals surface area contributed by atoms with Gasteiger partial charge < -0.3 is 14.7 Å². The van der Waals surface area contributed by atoms with Gasteiger partial charge in [-0.05, 0) is 47.8 Å². The van der Waals surface area contributed by atoms with Gasteiger partial charge in [-0.1, -0.05) is 18.2 Å². The fraction of sp³-hybridized carbons (Fsp3) is 0. The molecular weight excluding hydrogens is 368 g/mol. The summed E-state index contributed by atoms with van der Waals surface area (Å²) in [6.45, 7) is 0. The number of H-pyrrole nitrogens is 1. The lowest BCUT2D eigenvalue weighted by atomic mass is 10.2. The Morgan fingerprint density at radius 3 is 2.86 bits per heavy atom. The van der Waals surface area contributed by atoms with Crippen molar-refractivity contribution in [3.05, 3.63) is 72.2 Å². The van der Waals surface area contributed by atoms with E-state index in [1.807, 2.05) is 54.0 Å². The molecule has 0 bridgehead atoms. The lowest BCUT2D eigenvalue weighted by molar-refractivity contribution is 0.626. The second kappa shape index (κ2) is 5.94. The average molecular weight is 382 g/mol. The van der Waals surface area contributed by atoms with Crippen molar-refractivity contribution in [1.82, 2.24) is 15.0 Å². The van der Waals surface area contributed by atoms with Crippen LogP contribution in [0.5, 0.6) is 0 Å². The minimum absolute atomic E-state index is 0.576. The molecule has 0 fully saturated rings. The smallest absolute Gasteiger partial charge is 0.198 e. The van der Waals surface area contributed by atoms with E-state index in [1.54, 1.807) is 11.3 Å². The molecule has 6 heteroatoms. The molecule has 0 unspecified atom stereocenters. The Kier molecular flexibility index (Phi) is 3.27. The van der Waals surface area contributed by atoms with E-state index in [0.717, 1.165) is 43.6 Å². The van der Waals surface area contributed by atoms with E-state index in [1.165, 1.54) is 0 Å². The fourth-order valence-corrected chi connectivity index (χ4v) is 4.19. The number of rotatable bonds is 3. The fourth-order valence-electron chi connectivity index (χ4n) is 3.42. The highest BCUT2D eigenvalue weighted by Gasteiger charge is 2.14. The number of fused-ring (bicyclic) bond motifs is 3. The molecule has 0 saturated heterocycles. The Morgan fingerprint density at radius 2 is 1.89 bits per heavy atom. The topological polar surface area (TPSA) is 66.7 Å². The van der Waals surface area contributed by atoms with Gasteiger partial charge in [0.25, 0.3) is 0 Å². The zero-order valence-corrected chi connectivity index (χ0v) is 15.5. The van der Waals surface area contributed by atoms with Crippen LogP contribution in [0.25, 0.3) is 43.7 Å². The summed E-state index contributed by atoms with van der Waals surface area (Å²) in [4.78, 5) is 12.7. The first-order chi connectivity index (χ1) is 13.8. The third-order valence-corrected chi connectivity index (χ3v) is 5.68. The number of nitrogens with zero attached hydrogens (tertiary/aromatic N) is 2. The lowest BCUT2D eigenvalue weighted by Crippen LogP contribution is -1.97. The predicted octanol–water partition coefficient (Wildman–Crippen LogP) is 6.33. The molecule has 5 nitrogen and oxygen atoms in total. The van der Waals surface area contributed by atoms with Gasteiger partial charge in [-0.25, -0.2) is 9.97 Å². The zero-order chi connectivity index (χ0) is 18.5. The quantitative estimate of drug-likeness (QED) is 0.375. The second-order valence-electron chi connectivity index (χ2n) is 6.58. The molecule has 6 aromatic rings. The maximum atomic E-state index is 5.98. The van der Waals surface area contributed by atoms with Gasteiger partial charge in [0.1, 0.15) is 5.58 Å². The number of hydrogen-bond acceptors (Lipinski definition) is 5. The number of thiophene rings is 1. The first kappa shape index (κ1) is 15.4. The minimum Gasteiger partial charge on any atom is -0.453 e. The van der Waals surface area contributed by atoms with Crippen LogP contribution in [-0.4, -0.2) is 15.0 Å². The molecule has 0 radical (unpaired) electrons. The largest absolute Gasteiger partial charge is 0.453 e. The number of furan rings is 1. The van der Waals surface area contributed by atoms with Gasteiger partial charge in [0.05, 0.1) is 10.2 Å². The Bertz CT molecular complexity index is 1430. The van der Waals surface area contributed by atoms with Gasteiger partial charge in [-0.15, -0.1) is 11.3 Å². The second-order valence-corrected chi connectivity index (χ2v) is 7.50. The number of hydrogen-bond donors (Lipinski definition) is 2. The van der Waals surface area contributed by atoms with Gasteiger partial charge in [0.15, 0.2) is 17.4 Å². The molecule has 4 heterocycles. The molecule has 6 rings (SSSR count). The van der Waals surface area contributed by atoms with E-state index in [0.29, 0.717) is 11.6 Å². The number of aromatic nitrogens is 3. The van der Waals surface area contributed by atoms with Crippen molar-refractivity contribution in [2.45, 2.75) is 0 Å². The molecule has 4 aromatic heterocycles. The van der Waals surface area contributed by atoms with Crippen molar-refractivity contribution in [2.75, 3.05) is 5.32 Å². The van der Waals surface area contributed by atoms with Crippen LogP contribution >= 0.6 is 11.3 Å². The SMILES string of the molecule is c1ccc2oc(-c3nc(Nc4ccc5[nH]ccc5c4)c4sccc4n3)cc2c1. The van der Waals surface area contributed by atoms with Crippen LogP contribution in [0.2, 0.25) is 0 Å². The first-order valence-corrected chi connectivity index (χ1v) is 9.80. The van der Waals surface area contributed by atoms with Crippen LogP contribution in [0.1, 0.15) is 0 Å². The molecule has 0 aliphatic heterocycles. The van der Waals surface area contributed by atoms with Crippen molar-refractivity contribution in [3.8, 4) is 11.6 Å². The molecule has 0 spiro atoms. The van der Waals surface area contributed by atoms with E-state index in [2.05, 4.69) is 28.5 Å². The number of benzene rings is 2. The molecule has 2 N–H and O–H groups in total. The Hall–Kier alpha value is -3.64. The minimum atomic E-state index is 0.576. The van der Waals surface area contributed by atoms with Gasteiger partial charge in [-0.3, -0.25) is 0 Å². The first-order valence-electron chi connectivity index (χ1n) is 8.92. The van der Waals surface area contributed by atoms with E-state index < -0.39 is 0 Å². The normalized spacial score (nSPS) is 11.6. The van der Waals surface area contributed by atoms with Crippen LogP contribution in [0, 0.1) is 0 Å². The van der Waals surface area contributed by atoms with Crippen LogP contribution in [0.3, 0.4) is 0 Å². The average Bonchev–Trinajstić information content (AvgIpc) is 3.45. The van der Waals surface area contributed by atoms with E-state index >= 15 is 0 Å². The Labute approximate surface area is 163 Å². The van der Waals surface area contributed by atoms with Crippen molar-refractivity contribution in [2.24, 2.45) is 0 Å². The molecule has 0 atom stereocenters. The van der Waals surface area contributed by atoms with Crippen LogP contribution in [0.15, 0.2) is 76.7 Å². The molecule has 0 aliphatic rings. The zero-order valence-electron chi connectivity index (χ0n) is 14.6. The third kappa shape index (κ3) is 2.46. The molecule has 0 aliphatic carbocycles. The van der Waals surface area contributed by atoms with Crippen molar-refractivity contribution >= 4 is 54.9 Å². The highest BCUT2D eigenvalue weighted by Crippen LogP contribution is 2.33. The molecule has 0 saturated carbocycles. The monoisotopic (exact) mass is 382 g/mol. The molecule has 0 amide bonds. The van der Waals surface area contributed by atoms with Gasteiger partial charge in [0, 0.05) is 28.2 Å². The van der Waals surface area contributed by atoms with E-state index in [4.69, 9.17) is 14.4 Å². The lowest BCUT2D eigenvalue weighted by Gasteiger charge is -2.08. The Morgan fingerprint density at radius 1 is 0.929 bits per heavy atom. The molecule has 2 aromatic carbocycles. The summed E-state index contributed by atoms with van der Waals surface area (Å²) >= 11 is 1.62. The Balaban J connectivity index is 1.48. The standard InChI is InChI=1S/C22H14N4OS/c1-2-4-18-14(3-1)12-19(27-18)21-25-17-8-10-28-20(17)22(26-21)24-15-5-6-16-13(11-15)7-9-23-16/h1-12,23H,(H,24,25,26). The van der Waals surface area contributed by atoms with Crippen LogP contribution < -0.4 is 5.32 Å². The van der Waals surface area contributed by atoms with Crippen molar-refractivity contribution in [1.29, 1.82) is 0 Å². The third-order valence-electron chi connectivity index (χ3n) is 4.77. The van der Waals surface area contributed by atoms with Crippen molar-refractivity contribution in [3.63, 3.8) is 0 Å². The summed E-state index contributed by atoms with van der Waals surface area (Å²) < 4.78 is 7.00. The van der Waals surface area contributed by atoms with Crippen molar-refractivity contribution < 1.29 is 4.42 Å². The summed E-state index contributed by atoms with van der Waals surface area (Å²) in [7, 11) is 0. The summed E-state index contributed by atoms with van der Waals surface area (Å²) in [5, 5.41) is 7.69. The molecule has 134 valence electrons. The van der Waals surface area contributed by atoms with E-state index in [-0.39, 0.29) is 0 Å².